The van der Waals surface area contributed by atoms with Crippen LogP contribution in [0.15, 0.2) is 35.1 Å². The van der Waals surface area contributed by atoms with E-state index < -0.39 is 0 Å². The summed E-state index contributed by atoms with van der Waals surface area (Å²) in [5, 5.41) is 6.63. The van der Waals surface area contributed by atoms with Gasteiger partial charge >= 0.3 is 0 Å². The van der Waals surface area contributed by atoms with Crippen LogP contribution in [0.3, 0.4) is 0 Å². The van der Waals surface area contributed by atoms with Crippen LogP contribution in [0, 0.1) is 0 Å². The molecule has 2 rings (SSSR count). The second-order valence-electron chi connectivity index (χ2n) is 4.55. The molecule has 0 aliphatic heterocycles. The zero-order valence-corrected chi connectivity index (χ0v) is 12.6. The maximum absolute atomic E-state index is 12.0. The fourth-order valence-electron chi connectivity index (χ4n) is 1.89. The van der Waals surface area contributed by atoms with Crippen LogP contribution < -0.4 is 20.3 Å². The van der Waals surface area contributed by atoms with Crippen molar-refractivity contribution in [1.29, 1.82) is 0 Å². The Hall–Kier alpha value is -2.83. The van der Waals surface area contributed by atoms with Gasteiger partial charge in [0.2, 0.25) is 0 Å². The van der Waals surface area contributed by atoms with Gasteiger partial charge in [-0.1, -0.05) is 6.07 Å². The molecule has 0 fully saturated rings. The highest BCUT2D eigenvalue weighted by Gasteiger charge is 2.09. The number of hydrogen-bond acceptors (Lipinski definition) is 5. The Balaban J connectivity index is 2.07. The number of methoxy groups -OCH3 is 2. The summed E-state index contributed by atoms with van der Waals surface area (Å²) in [5.41, 5.74) is 0.773. The lowest BCUT2D eigenvalue weighted by atomic mass is 10.2. The third-order valence-electron chi connectivity index (χ3n) is 3.09. The number of hydrogen-bond donors (Lipinski definition) is 1. The lowest BCUT2D eigenvalue weighted by Crippen LogP contribution is -2.28. The molecule has 1 heterocycles. The average Bonchev–Trinajstić information content (AvgIpc) is 2.54. The predicted octanol–water partition coefficient (Wildman–Crippen LogP) is 0.727. The number of carbonyl (C=O) groups excluding carboxylic acids is 1. The maximum atomic E-state index is 12.0. The molecule has 7 heteroatoms. The molecule has 2 aromatic rings. The highest BCUT2D eigenvalue weighted by atomic mass is 16.5. The number of benzene rings is 1. The highest BCUT2D eigenvalue weighted by molar-refractivity contribution is 5.91. The molecule has 1 amide bonds. The van der Waals surface area contributed by atoms with Gasteiger partial charge in [0.1, 0.15) is 5.69 Å². The molecule has 0 radical (unpaired) electrons. The van der Waals surface area contributed by atoms with Gasteiger partial charge in [0, 0.05) is 19.7 Å². The van der Waals surface area contributed by atoms with Crippen molar-refractivity contribution in [2.24, 2.45) is 7.05 Å². The van der Waals surface area contributed by atoms with Crippen molar-refractivity contribution in [3.8, 4) is 11.5 Å². The second kappa shape index (κ2) is 6.75. The summed E-state index contributed by atoms with van der Waals surface area (Å²) in [6.45, 7) is 0.309. The lowest BCUT2D eigenvalue weighted by molar-refractivity contribution is 0.0943. The summed E-state index contributed by atoms with van der Waals surface area (Å²) in [4.78, 5) is 23.3. The molecule has 1 aromatic carbocycles. The van der Waals surface area contributed by atoms with Crippen molar-refractivity contribution >= 4 is 5.91 Å². The number of amides is 1. The minimum absolute atomic E-state index is 0.183. The minimum Gasteiger partial charge on any atom is -0.493 e. The van der Waals surface area contributed by atoms with Gasteiger partial charge in [-0.05, 0) is 23.8 Å². The summed E-state index contributed by atoms with van der Waals surface area (Å²) in [6, 6.07) is 8.08. The molecule has 0 saturated heterocycles. The summed E-state index contributed by atoms with van der Waals surface area (Å²) in [7, 11) is 4.60. The van der Waals surface area contributed by atoms with E-state index in [1.165, 1.54) is 19.2 Å². The molecule has 0 aliphatic carbocycles. The standard InChI is InChI=1S/C15H17N3O4/c1-18-14(19)7-5-11(17-18)15(20)16-9-10-4-6-12(21-2)13(8-10)22-3/h4-8H,9H2,1-3H3,(H,16,20). The van der Waals surface area contributed by atoms with Crippen LogP contribution in [0.25, 0.3) is 0 Å². The number of aromatic nitrogens is 2. The maximum Gasteiger partial charge on any atom is 0.271 e. The van der Waals surface area contributed by atoms with Gasteiger partial charge in [0.15, 0.2) is 11.5 Å². The van der Waals surface area contributed by atoms with Gasteiger partial charge in [-0.15, -0.1) is 0 Å². The molecule has 116 valence electrons. The van der Waals surface area contributed by atoms with Gasteiger partial charge in [0.25, 0.3) is 11.5 Å². The van der Waals surface area contributed by atoms with Crippen molar-refractivity contribution in [3.63, 3.8) is 0 Å². The van der Waals surface area contributed by atoms with Crippen molar-refractivity contribution in [2.75, 3.05) is 14.2 Å². The van der Waals surface area contributed by atoms with Gasteiger partial charge < -0.3 is 14.8 Å². The summed E-state index contributed by atoms with van der Waals surface area (Å²) in [5.74, 6) is 0.858. The molecule has 0 spiro atoms. The number of nitrogens with one attached hydrogen (secondary N) is 1. The van der Waals surface area contributed by atoms with E-state index in [0.29, 0.717) is 18.0 Å². The molecule has 7 nitrogen and oxygen atoms in total. The summed E-state index contributed by atoms with van der Waals surface area (Å²) >= 11 is 0. The van der Waals surface area contributed by atoms with Crippen molar-refractivity contribution < 1.29 is 14.3 Å². The Morgan fingerprint density at radius 3 is 2.55 bits per heavy atom. The highest BCUT2D eigenvalue weighted by Crippen LogP contribution is 2.27. The van der Waals surface area contributed by atoms with Crippen LogP contribution in [0.4, 0.5) is 0 Å². The first-order valence-electron chi connectivity index (χ1n) is 6.58. The average molecular weight is 303 g/mol. The van der Waals surface area contributed by atoms with E-state index in [1.807, 2.05) is 6.07 Å². The molecule has 22 heavy (non-hydrogen) atoms. The molecular formula is C15H17N3O4. The van der Waals surface area contributed by atoms with Crippen LogP contribution in [0.2, 0.25) is 0 Å². The molecule has 0 atom stereocenters. The van der Waals surface area contributed by atoms with Crippen molar-refractivity contribution in [1.82, 2.24) is 15.1 Å². The first-order chi connectivity index (χ1) is 10.5. The van der Waals surface area contributed by atoms with Crippen LogP contribution >= 0.6 is 0 Å². The van der Waals surface area contributed by atoms with Gasteiger partial charge in [-0.3, -0.25) is 9.59 Å². The molecule has 0 bridgehead atoms. The molecule has 0 unspecified atom stereocenters. The fourth-order valence-corrected chi connectivity index (χ4v) is 1.89. The smallest absolute Gasteiger partial charge is 0.271 e. The Morgan fingerprint density at radius 1 is 1.18 bits per heavy atom. The number of aryl methyl sites for hydroxylation is 1. The summed E-state index contributed by atoms with van der Waals surface area (Å²) in [6.07, 6.45) is 0. The van der Waals surface area contributed by atoms with Crippen LogP contribution in [-0.2, 0) is 13.6 Å². The zero-order chi connectivity index (χ0) is 16.1. The summed E-state index contributed by atoms with van der Waals surface area (Å²) < 4.78 is 11.5. The van der Waals surface area contributed by atoms with Crippen LogP contribution in [0.1, 0.15) is 16.1 Å². The third-order valence-corrected chi connectivity index (χ3v) is 3.09. The van der Waals surface area contributed by atoms with Gasteiger partial charge in [-0.25, -0.2) is 4.68 Å². The second-order valence-corrected chi connectivity index (χ2v) is 4.55. The first-order valence-corrected chi connectivity index (χ1v) is 6.58. The van der Waals surface area contributed by atoms with E-state index in [-0.39, 0.29) is 17.2 Å². The Labute approximate surface area is 127 Å². The fraction of sp³-hybridized carbons (Fsp3) is 0.267. The Bertz CT molecular complexity index is 740. The molecule has 0 saturated carbocycles. The van der Waals surface area contributed by atoms with Crippen molar-refractivity contribution in [3.05, 3.63) is 51.9 Å². The van der Waals surface area contributed by atoms with Crippen LogP contribution in [0.5, 0.6) is 11.5 Å². The van der Waals surface area contributed by atoms with E-state index in [9.17, 15) is 9.59 Å². The number of rotatable bonds is 5. The van der Waals surface area contributed by atoms with E-state index >= 15 is 0 Å². The van der Waals surface area contributed by atoms with Gasteiger partial charge in [0.05, 0.1) is 14.2 Å². The van der Waals surface area contributed by atoms with E-state index in [1.54, 1.807) is 26.4 Å². The molecule has 1 N–H and O–H groups in total. The number of nitrogens with zero attached hydrogens (tertiary/aromatic N) is 2. The Morgan fingerprint density at radius 2 is 1.91 bits per heavy atom. The van der Waals surface area contributed by atoms with Crippen molar-refractivity contribution in [2.45, 2.75) is 6.54 Å². The van der Waals surface area contributed by atoms with E-state index in [2.05, 4.69) is 10.4 Å². The van der Waals surface area contributed by atoms with E-state index in [0.717, 1.165) is 10.2 Å². The van der Waals surface area contributed by atoms with Crippen LogP contribution in [-0.4, -0.2) is 29.9 Å². The molecule has 0 aliphatic rings. The number of carbonyl (C=O) groups is 1. The zero-order valence-electron chi connectivity index (χ0n) is 12.6. The predicted molar refractivity (Wildman–Crippen MR) is 80.2 cm³/mol. The quantitative estimate of drug-likeness (QED) is 0.880. The van der Waals surface area contributed by atoms with E-state index in [4.69, 9.17) is 9.47 Å². The topological polar surface area (TPSA) is 82.5 Å². The largest absolute Gasteiger partial charge is 0.493 e. The van der Waals surface area contributed by atoms with Gasteiger partial charge in [-0.2, -0.15) is 5.10 Å². The monoisotopic (exact) mass is 303 g/mol. The normalized spacial score (nSPS) is 10.1. The molecular weight excluding hydrogens is 286 g/mol. The third kappa shape index (κ3) is 3.43. The minimum atomic E-state index is -0.356. The first kappa shape index (κ1) is 15.6. The molecule has 1 aromatic heterocycles. The number of ether oxygens (including phenoxy) is 2. The Kier molecular flexibility index (Phi) is 4.77. The SMILES string of the molecule is COc1ccc(CNC(=O)c2ccc(=O)n(C)n2)cc1OC. The lowest BCUT2D eigenvalue weighted by Gasteiger charge is -2.10.